The van der Waals surface area contributed by atoms with Crippen molar-refractivity contribution in [1.82, 2.24) is 19.5 Å². The number of imidazole rings is 1. The normalized spacial score (nSPS) is 14.0. The first-order valence-electron chi connectivity index (χ1n) is 11.3. The summed E-state index contributed by atoms with van der Waals surface area (Å²) in [6, 6.07) is 8.98. The van der Waals surface area contributed by atoms with Crippen LogP contribution < -0.4 is 10.2 Å². The number of cyclic esters (lactones) is 1. The zero-order valence-electron chi connectivity index (χ0n) is 20.1. The molecule has 192 valence electrons. The van der Waals surface area contributed by atoms with Crippen molar-refractivity contribution in [2.75, 3.05) is 29.6 Å². The number of rotatable bonds is 6. The molecule has 1 aliphatic rings. The van der Waals surface area contributed by atoms with Gasteiger partial charge in [-0.15, -0.1) is 0 Å². The van der Waals surface area contributed by atoms with Gasteiger partial charge in [0.15, 0.2) is 15.7 Å². The molecule has 13 heteroatoms. The van der Waals surface area contributed by atoms with Crippen molar-refractivity contribution >= 4 is 56.1 Å². The molecule has 0 bridgehead atoms. The van der Waals surface area contributed by atoms with Crippen molar-refractivity contribution in [2.45, 2.75) is 24.8 Å². The third kappa shape index (κ3) is 4.69. The number of anilines is 3. The molecule has 0 radical (unpaired) electrons. The van der Waals surface area contributed by atoms with Gasteiger partial charge in [0.2, 0.25) is 11.9 Å². The molecule has 1 aliphatic heterocycles. The van der Waals surface area contributed by atoms with Crippen molar-refractivity contribution in [3.8, 4) is 11.3 Å². The van der Waals surface area contributed by atoms with Crippen molar-refractivity contribution in [3.05, 3.63) is 53.4 Å². The lowest BCUT2D eigenvalue weighted by Gasteiger charge is -2.18. The predicted molar refractivity (Wildman–Crippen MR) is 138 cm³/mol. The van der Waals surface area contributed by atoms with E-state index in [-0.39, 0.29) is 39.7 Å². The number of aromatic nitrogens is 4. The van der Waals surface area contributed by atoms with E-state index in [2.05, 4.69) is 20.3 Å². The van der Waals surface area contributed by atoms with E-state index in [0.717, 1.165) is 6.26 Å². The number of hydrogen-bond donors (Lipinski definition) is 1. The molecular formula is C24H22ClFN6O4S. The van der Waals surface area contributed by atoms with E-state index < -0.39 is 21.7 Å². The molecule has 1 saturated heterocycles. The maximum absolute atomic E-state index is 15.3. The van der Waals surface area contributed by atoms with Gasteiger partial charge in [-0.05, 0) is 50.2 Å². The van der Waals surface area contributed by atoms with E-state index in [1.165, 1.54) is 29.3 Å². The molecule has 0 spiro atoms. The molecule has 3 heterocycles. The predicted octanol–water partition coefficient (Wildman–Crippen LogP) is 4.97. The SMILES string of the molecule is CC(C)n1c(N2CCOC2=O)nc2c(F)cc(-c3nc(Nc4ccc(S(C)(=O)=O)cc4)ncc3Cl)cc21. The number of nitrogens with one attached hydrogen (secondary N) is 1. The van der Waals surface area contributed by atoms with E-state index >= 15 is 4.39 Å². The summed E-state index contributed by atoms with van der Waals surface area (Å²) in [5.74, 6) is -0.108. The molecule has 1 N–H and O–H groups in total. The average molecular weight is 545 g/mol. The van der Waals surface area contributed by atoms with Gasteiger partial charge in [0, 0.05) is 23.5 Å². The van der Waals surface area contributed by atoms with Crippen LogP contribution in [-0.4, -0.2) is 53.4 Å². The number of nitrogens with zero attached hydrogens (tertiary/aromatic N) is 5. The van der Waals surface area contributed by atoms with Gasteiger partial charge in [0.1, 0.15) is 12.1 Å². The molecule has 1 fully saturated rings. The van der Waals surface area contributed by atoms with Gasteiger partial charge in [0.25, 0.3) is 0 Å². The summed E-state index contributed by atoms with van der Waals surface area (Å²) in [4.78, 5) is 26.8. The Bertz CT molecular complexity index is 1640. The van der Waals surface area contributed by atoms with Crippen LogP contribution in [0.2, 0.25) is 5.02 Å². The largest absolute Gasteiger partial charge is 0.447 e. The lowest BCUT2D eigenvalue weighted by Crippen LogP contribution is -2.27. The number of carbonyl (C=O) groups excluding carboxylic acids is 1. The quantitative estimate of drug-likeness (QED) is 0.361. The van der Waals surface area contributed by atoms with Crippen LogP contribution in [0.1, 0.15) is 19.9 Å². The van der Waals surface area contributed by atoms with Gasteiger partial charge in [-0.2, -0.15) is 0 Å². The van der Waals surface area contributed by atoms with Crippen LogP contribution in [-0.2, 0) is 14.6 Å². The number of carbonyl (C=O) groups is 1. The number of fused-ring (bicyclic) bond motifs is 1. The summed E-state index contributed by atoms with van der Waals surface area (Å²) in [6.07, 6.45) is 1.99. The highest BCUT2D eigenvalue weighted by Gasteiger charge is 2.30. The maximum atomic E-state index is 15.3. The summed E-state index contributed by atoms with van der Waals surface area (Å²) in [5, 5.41) is 3.21. The topological polar surface area (TPSA) is 119 Å². The Morgan fingerprint density at radius 3 is 2.51 bits per heavy atom. The minimum absolute atomic E-state index is 0.113. The van der Waals surface area contributed by atoms with Crippen LogP contribution in [0.4, 0.5) is 26.8 Å². The number of benzene rings is 2. The monoisotopic (exact) mass is 544 g/mol. The van der Waals surface area contributed by atoms with E-state index in [0.29, 0.717) is 29.3 Å². The Morgan fingerprint density at radius 2 is 1.89 bits per heavy atom. The fourth-order valence-electron chi connectivity index (χ4n) is 4.10. The second-order valence-corrected chi connectivity index (χ2v) is 11.2. The molecule has 0 atom stereocenters. The van der Waals surface area contributed by atoms with Gasteiger partial charge >= 0.3 is 6.09 Å². The summed E-state index contributed by atoms with van der Waals surface area (Å²) in [5.41, 5.74) is 1.82. The highest BCUT2D eigenvalue weighted by molar-refractivity contribution is 7.90. The van der Waals surface area contributed by atoms with Crippen LogP contribution in [0, 0.1) is 5.82 Å². The number of ether oxygens (including phenoxy) is 1. The molecule has 1 amide bonds. The standard InChI is InChI=1S/C24H22ClFN6O4S/c1-13(2)32-19-11-14(10-18(26)21(19)30-23(32)31-8-9-36-24(31)33)20-17(25)12-27-22(29-20)28-15-4-6-16(7-5-15)37(3,34)35/h4-7,10-13H,8-9H2,1-3H3,(H,27,28,29). The summed E-state index contributed by atoms with van der Waals surface area (Å²) >= 11 is 6.40. The van der Waals surface area contributed by atoms with Crippen LogP contribution >= 0.6 is 11.6 Å². The maximum Gasteiger partial charge on any atom is 0.416 e. The van der Waals surface area contributed by atoms with Crippen LogP contribution in [0.25, 0.3) is 22.3 Å². The van der Waals surface area contributed by atoms with Gasteiger partial charge < -0.3 is 14.6 Å². The zero-order valence-corrected chi connectivity index (χ0v) is 21.6. The summed E-state index contributed by atoms with van der Waals surface area (Å²) < 4.78 is 45.5. The molecule has 4 aromatic rings. The fourth-order valence-corrected chi connectivity index (χ4v) is 4.93. The molecule has 10 nitrogen and oxygen atoms in total. The van der Waals surface area contributed by atoms with Crippen LogP contribution in [0.3, 0.4) is 0 Å². The first kappa shape index (κ1) is 24.9. The average Bonchev–Trinajstić information content (AvgIpc) is 3.43. The number of sulfone groups is 1. The van der Waals surface area contributed by atoms with Crippen LogP contribution in [0.15, 0.2) is 47.5 Å². The third-order valence-electron chi connectivity index (χ3n) is 5.80. The van der Waals surface area contributed by atoms with Crippen molar-refractivity contribution < 1.29 is 22.3 Å². The highest BCUT2D eigenvalue weighted by atomic mass is 35.5. The first-order valence-corrected chi connectivity index (χ1v) is 13.6. The van der Waals surface area contributed by atoms with E-state index in [4.69, 9.17) is 16.3 Å². The van der Waals surface area contributed by atoms with Gasteiger partial charge in [-0.25, -0.2) is 37.5 Å². The Morgan fingerprint density at radius 1 is 1.16 bits per heavy atom. The molecule has 2 aromatic carbocycles. The lowest BCUT2D eigenvalue weighted by molar-refractivity contribution is 0.181. The van der Waals surface area contributed by atoms with Crippen molar-refractivity contribution in [3.63, 3.8) is 0 Å². The lowest BCUT2D eigenvalue weighted by atomic mass is 10.1. The van der Waals surface area contributed by atoms with Crippen molar-refractivity contribution in [1.29, 1.82) is 0 Å². The molecule has 0 saturated carbocycles. The van der Waals surface area contributed by atoms with Gasteiger partial charge in [-0.3, -0.25) is 0 Å². The Labute approximate surface area is 217 Å². The molecule has 0 unspecified atom stereocenters. The number of amides is 1. The third-order valence-corrected chi connectivity index (χ3v) is 7.21. The summed E-state index contributed by atoms with van der Waals surface area (Å²) in [7, 11) is -3.33. The minimum Gasteiger partial charge on any atom is -0.447 e. The smallest absolute Gasteiger partial charge is 0.416 e. The number of halogens is 2. The van der Waals surface area contributed by atoms with E-state index in [1.54, 1.807) is 22.8 Å². The highest BCUT2D eigenvalue weighted by Crippen LogP contribution is 2.35. The van der Waals surface area contributed by atoms with Gasteiger partial charge in [-0.1, -0.05) is 11.6 Å². The second kappa shape index (κ2) is 9.27. The zero-order chi connectivity index (χ0) is 26.5. The Hall–Kier alpha value is -3.77. The number of hydrogen-bond acceptors (Lipinski definition) is 8. The fraction of sp³-hybridized carbons (Fsp3) is 0.250. The van der Waals surface area contributed by atoms with Crippen LogP contribution in [0.5, 0.6) is 0 Å². The molecular weight excluding hydrogens is 523 g/mol. The molecule has 37 heavy (non-hydrogen) atoms. The Kier molecular flexibility index (Phi) is 6.24. The van der Waals surface area contributed by atoms with E-state index in [9.17, 15) is 13.2 Å². The molecule has 2 aromatic heterocycles. The molecule has 0 aliphatic carbocycles. The summed E-state index contributed by atoms with van der Waals surface area (Å²) in [6.45, 7) is 4.37. The van der Waals surface area contributed by atoms with Crippen molar-refractivity contribution in [2.24, 2.45) is 0 Å². The van der Waals surface area contributed by atoms with E-state index in [1.807, 2.05) is 13.8 Å². The molecule has 5 rings (SSSR count). The Balaban J connectivity index is 1.56. The first-order chi connectivity index (χ1) is 17.5. The minimum atomic E-state index is -3.33. The van der Waals surface area contributed by atoms with Gasteiger partial charge in [0.05, 0.1) is 33.9 Å². The second-order valence-electron chi connectivity index (χ2n) is 8.78.